The number of sulfone groups is 1. The lowest BCUT2D eigenvalue weighted by Crippen LogP contribution is -2.35. The number of carboxylic acid groups (broad SMARTS) is 1. The molecule has 9 heteroatoms. The van der Waals surface area contributed by atoms with Crippen LogP contribution in [0.4, 0.5) is 5.69 Å². The molecule has 2 aromatic heterocycles. The van der Waals surface area contributed by atoms with Crippen LogP contribution in [-0.2, 0) is 27.4 Å². The SMILES string of the molecule is Cn1cc2c3c(c[nH]c3c1=O)C(C(=O)O)N(CC1CC1)c1ccc(CS(C)(=O)=O)cc1-2. The van der Waals surface area contributed by atoms with Crippen LogP contribution in [0.25, 0.3) is 22.0 Å². The summed E-state index contributed by atoms with van der Waals surface area (Å²) in [5, 5.41) is 10.8. The highest BCUT2D eigenvalue weighted by Gasteiger charge is 2.38. The second-order valence-corrected chi connectivity index (χ2v) is 10.9. The minimum absolute atomic E-state index is 0.111. The van der Waals surface area contributed by atoms with Crippen molar-refractivity contribution in [2.75, 3.05) is 17.7 Å². The van der Waals surface area contributed by atoms with Gasteiger partial charge in [0.2, 0.25) is 0 Å². The summed E-state index contributed by atoms with van der Waals surface area (Å²) in [7, 11) is -1.59. The van der Waals surface area contributed by atoms with Crippen molar-refractivity contribution < 1.29 is 18.3 Å². The van der Waals surface area contributed by atoms with Crippen LogP contribution in [0.15, 0.2) is 35.4 Å². The number of hydrogen-bond donors (Lipinski definition) is 2. The van der Waals surface area contributed by atoms with Crippen molar-refractivity contribution in [3.8, 4) is 11.1 Å². The van der Waals surface area contributed by atoms with Crippen LogP contribution in [0.1, 0.15) is 30.0 Å². The van der Waals surface area contributed by atoms with E-state index in [0.29, 0.717) is 34.5 Å². The van der Waals surface area contributed by atoms with Gasteiger partial charge in [0.05, 0.1) is 5.75 Å². The Balaban J connectivity index is 1.85. The van der Waals surface area contributed by atoms with E-state index in [4.69, 9.17) is 0 Å². The first-order chi connectivity index (χ1) is 14.6. The van der Waals surface area contributed by atoms with Crippen LogP contribution >= 0.6 is 0 Å². The normalized spacial score (nSPS) is 18.1. The van der Waals surface area contributed by atoms with Crippen LogP contribution in [0, 0.1) is 5.92 Å². The Morgan fingerprint density at radius 3 is 2.65 bits per heavy atom. The fourth-order valence-electron chi connectivity index (χ4n) is 4.61. The van der Waals surface area contributed by atoms with Crippen molar-refractivity contribution in [3.05, 3.63) is 52.1 Å². The molecule has 0 saturated heterocycles. The molecule has 2 aliphatic rings. The lowest BCUT2D eigenvalue weighted by atomic mass is 9.99. The van der Waals surface area contributed by atoms with Gasteiger partial charge in [0.25, 0.3) is 5.56 Å². The fraction of sp³-hybridized carbons (Fsp3) is 0.364. The van der Waals surface area contributed by atoms with Gasteiger partial charge in [-0.15, -0.1) is 0 Å². The summed E-state index contributed by atoms with van der Waals surface area (Å²) in [5.41, 5.74) is 3.51. The summed E-state index contributed by atoms with van der Waals surface area (Å²) < 4.78 is 25.3. The van der Waals surface area contributed by atoms with Gasteiger partial charge in [-0.3, -0.25) is 4.79 Å². The first kappa shape index (κ1) is 19.9. The summed E-state index contributed by atoms with van der Waals surface area (Å²) in [5.74, 6) is -0.673. The molecule has 3 aromatic rings. The standard InChI is InChI=1S/C22H23N3O5S/c1-24-10-16-14-7-13(11-31(2,29)30)5-6-17(14)25(9-12-3-4-12)20(22(27)28)15-8-23-19(18(15)16)21(24)26/h5-8,10,12,20,23H,3-4,9,11H2,1-2H3,(H,27,28). The maximum Gasteiger partial charge on any atom is 0.331 e. The summed E-state index contributed by atoms with van der Waals surface area (Å²) >= 11 is 0. The molecule has 2 N–H and O–H groups in total. The van der Waals surface area contributed by atoms with Gasteiger partial charge >= 0.3 is 5.97 Å². The number of rotatable bonds is 5. The van der Waals surface area contributed by atoms with E-state index in [1.165, 1.54) is 10.8 Å². The zero-order valence-corrected chi connectivity index (χ0v) is 18.1. The highest BCUT2D eigenvalue weighted by Crippen LogP contribution is 2.47. The molecule has 5 rings (SSSR count). The third-order valence-electron chi connectivity index (χ3n) is 6.12. The predicted molar refractivity (Wildman–Crippen MR) is 118 cm³/mol. The number of carboxylic acids is 1. The number of H-pyrrole nitrogens is 1. The number of pyridine rings is 1. The number of fused-ring (bicyclic) bond motifs is 2. The molecule has 8 nitrogen and oxygen atoms in total. The number of aromatic nitrogens is 2. The second-order valence-electron chi connectivity index (χ2n) is 8.71. The van der Waals surface area contributed by atoms with E-state index in [1.54, 1.807) is 25.5 Å². The minimum atomic E-state index is -3.25. The molecular formula is C22H23N3O5S. The maximum atomic E-state index is 12.7. The Morgan fingerprint density at radius 2 is 2.00 bits per heavy atom. The summed E-state index contributed by atoms with van der Waals surface area (Å²) in [4.78, 5) is 30.1. The monoisotopic (exact) mass is 441 g/mol. The highest BCUT2D eigenvalue weighted by molar-refractivity contribution is 7.89. The van der Waals surface area contributed by atoms with E-state index in [1.807, 2.05) is 17.0 Å². The molecule has 1 fully saturated rings. The third kappa shape index (κ3) is 3.33. The second kappa shape index (κ2) is 6.71. The van der Waals surface area contributed by atoms with Crippen molar-refractivity contribution in [1.82, 2.24) is 9.55 Å². The average molecular weight is 442 g/mol. The number of nitrogens with one attached hydrogen (secondary N) is 1. The summed E-state index contributed by atoms with van der Waals surface area (Å²) in [6, 6.07) is 4.44. The van der Waals surface area contributed by atoms with Gasteiger partial charge in [-0.1, -0.05) is 6.07 Å². The molecule has 1 aliphatic carbocycles. The summed E-state index contributed by atoms with van der Waals surface area (Å²) in [6.45, 7) is 0.590. The molecule has 1 aromatic carbocycles. The van der Waals surface area contributed by atoms with E-state index < -0.39 is 21.8 Å². The van der Waals surface area contributed by atoms with Crippen LogP contribution in [0.2, 0.25) is 0 Å². The first-order valence-electron chi connectivity index (χ1n) is 10.1. The number of anilines is 1. The van der Waals surface area contributed by atoms with Crippen molar-refractivity contribution in [2.45, 2.75) is 24.6 Å². The van der Waals surface area contributed by atoms with Gasteiger partial charge in [-0.25, -0.2) is 13.2 Å². The molecule has 0 amide bonds. The van der Waals surface area contributed by atoms with Crippen LogP contribution in [-0.4, -0.2) is 41.8 Å². The van der Waals surface area contributed by atoms with Crippen molar-refractivity contribution in [1.29, 1.82) is 0 Å². The van der Waals surface area contributed by atoms with E-state index in [9.17, 15) is 23.1 Å². The van der Waals surface area contributed by atoms with E-state index in [2.05, 4.69) is 4.98 Å². The lowest BCUT2D eigenvalue weighted by molar-refractivity contribution is -0.138. The molecule has 162 valence electrons. The van der Waals surface area contributed by atoms with E-state index in [0.717, 1.165) is 29.7 Å². The fourth-order valence-corrected chi connectivity index (χ4v) is 5.39. The van der Waals surface area contributed by atoms with E-state index >= 15 is 0 Å². The molecule has 31 heavy (non-hydrogen) atoms. The Labute approximate surface area is 179 Å². The number of carbonyl (C=O) groups is 1. The maximum absolute atomic E-state index is 12.7. The predicted octanol–water partition coefficient (Wildman–Crippen LogP) is 2.43. The Hall–Kier alpha value is -3.07. The number of hydrogen-bond acceptors (Lipinski definition) is 5. The molecule has 1 atom stereocenters. The minimum Gasteiger partial charge on any atom is -0.479 e. The van der Waals surface area contributed by atoms with Gasteiger partial charge < -0.3 is 19.6 Å². The number of aromatic amines is 1. The lowest BCUT2D eigenvalue weighted by Gasteiger charge is -2.31. The largest absolute Gasteiger partial charge is 0.479 e. The van der Waals surface area contributed by atoms with Crippen LogP contribution in [0.5, 0.6) is 0 Å². The van der Waals surface area contributed by atoms with Gasteiger partial charge in [0, 0.05) is 60.0 Å². The average Bonchev–Trinajstić information content (AvgIpc) is 3.41. The van der Waals surface area contributed by atoms with Gasteiger partial charge in [0.15, 0.2) is 15.9 Å². The quantitative estimate of drug-likeness (QED) is 0.629. The zero-order chi connectivity index (χ0) is 22.1. The van der Waals surface area contributed by atoms with Crippen LogP contribution < -0.4 is 10.5 Å². The third-order valence-corrected chi connectivity index (χ3v) is 6.98. The van der Waals surface area contributed by atoms with Crippen molar-refractivity contribution in [2.24, 2.45) is 13.0 Å². The molecule has 3 heterocycles. The molecular weight excluding hydrogens is 418 g/mol. The summed E-state index contributed by atoms with van der Waals surface area (Å²) in [6.07, 6.45) is 6.63. The number of aliphatic carboxylic acids is 1. The van der Waals surface area contributed by atoms with Crippen LogP contribution in [0.3, 0.4) is 0 Å². The molecule has 0 spiro atoms. The highest BCUT2D eigenvalue weighted by atomic mass is 32.2. The van der Waals surface area contributed by atoms with Crippen molar-refractivity contribution >= 4 is 32.4 Å². The Morgan fingerprint density at radius 1 is 1.26 bits per heavy atom. The number of benzene rings is 1. The van der Waals surface area contributed by atoms with Gasteiger partial charge in [-0.05, 0) is 36.5 Å². The Kier molecular flexibility index (Phi) is 4.30. The smallest absolute Gasteiger partial charge is 0.331 e. The number of aryl methyl sites for hydroxylation is 1. The van der Waals surface area contributed by atoms with Gasteiger partial charge in [-0.2, -0.15) is 0 Å². The molecule has 0 bridgehead atoms. The molecule has 0 radical (unpaired) electrons. The van der Waals surface area contributed by atoms with Crippen molar-refractivity contribution in [3.63, 3.8) is 0 Å². The first-order valence-corrected chi connectivity index (χ1v) is 12.2. The van der Waals surface area contributed by atoms with Gasteiger partial charge in [0.1, 0.15) is 5.52 Å². The van der Waals surface area contributed by atoms with E-state index in [-0.39, 0.29) is 11.3 Å². The topological polar surface area (TPSA) is 112 Å². The molecule has 1 aliphatic heterocycles. The molecule has 1 saturated carbocycles. The zero-order valence-electron chi connectivity index (χ0n) is 17.3. The Bertz CT molecular complexity index is 1400. The number of nitrogens with zero attached hydrogens (tertiary/aromatic N) is 2. The molecule has 1 unspecified atom stereocenters.